The lowest BCUT2D eigenvalue weighted by Gasteiger charge is -2.34. The Morgan fingerprint density at radius 1 is 1.09 bits per heavy atom. The molecule has 2 aromatic rings. The second-order valence-corrected chi connectivity index (χ2v) is 8.75. The molecule has 0 spiro atoms. The first-order chi connectivity index (χ1) is 15.2. The van der Waals surface area contributed by atoms with Crippen LogP contribution >= 0.6 is 11.6 Å². The molecule has 3 amide bonds. The van der Waals surface area contributed by atoms with Crippen LogP contribution in [0.2, 0.25) is 5.02 Å². The Morgan fingerprint density at radius 3 is 2.25 bits per heavy atom. The van der Waals surface area contributed by atoms with Gasteiger partial charge in [-0.1, -0.05) is 29.8 Å². The Balaban J connectivity index is 2.05. The summed E-state index contributed by atoms with van der Waals surface area (Å²) in [6, 6.07) is 12.1. The van der Waals surface area contributed by atoms with Gasteiger partial charge in [-0.15, -0.1) is 0 Å². The van der Waals surface area contributed by atoms with Gasteiger partial charge in [0.1, 0.15) is 12.6 Å². The minimum atomic E-state index is -0.539. The van der Waals surface area contributed by atoms with Gasteiger partial charge in [-0.25, -0.2) is 4.79 Å². The van der Waals surface area contributed by atoms with Crippen molar-refractivity contribution >= 4 is 35.2 Å². The standard InChI is InChI=1S/C25H30ClN2O4/c1-5-32-25(31)28(15-7-10-19(28)4)22(29)16-27(23-17(2)8-6-9-18(23)3)24(30)20-11-13-21(26)14-12-20/h6,8-9,11-14,19H,5,7,10,15-16H2,1-4H3/q+1/t19-,28?/m1/s1. The first-order valence-electron chi connectivity index (χ1n) is 10.9. The fraction of sp³-hybridized carbons (Fsp3) is 0.400. The van der Waals surface area contributed by atoms with Gasteiger partial charge in [0.2, 0.25) is 0 Å². The second kappa shape index (κ2) is 9.84. The molecule has 32 heavy (non-hydrogen) atoms. The third kappa shape index (κ3) is 4.43. The molecule has 0 radical (unpaired) electrons. The first-order valence-corrected chi connectivity index (χ1v) is 11.3. The van der Waals surface area contributed by atoms with Gasteiger partial charge >= 0.3 is 12.0 Å². The Kier molecular flexibility index (Phi) is 7.36. The van der Waals surface area contributed by atoms with E-state index in [0.29, 0.717) is 22.8 Å². The molecule has 1 unspecified atom stereocenters. The molecule has 170 valence electrons. The van der Waals surface area contributed by atoms with E-state index >= 15 is 0 Å². The van der Waals surface area contributed by atoms with Gasteiger partial charge in [0.15, 0.2) is 0 Å². The number of anilines is 1. The summed E-state index contributed by atoms with van der Waals surface area (Å²) in [5.74, 6) is -0.653. The summed E-state index contributed by atoms with van der Waals surface area (Å²) in [6.45, 7) is 7.79. The number of carbonyl (C=O) groups is 3. The van der Waals surface area contributed by atoms with E-state index in [1.165, 1.54) is 4.90 Å². The topological polar surface area (TPSA) is 63.7 Å². The van der Waals surface area contributed by atoms with Crippen molar-refractivity contribution in [3.8, 4) is 0 Å². The summed E-state index contributed by atoms with van der Waals surface area (Å²) in [5.41, 5.74) is 2.84. The minimum absolute atomic E-state index is 0.198. The van der Waals surface area contributed by atoms with Gasteiger partial charge in [-0.2, -0.15) is 9.28 Å². The summed E-state index contributed by atoms with van der Waals surface area (Å²) in [5, 5.41) is 0.522. The average molecular weight is 458 g/mol. The quantitative estimate of drug-likeness (QED) is 0.572. The van der Waals surface area contributed by atoms with Crippen LogP contribution in [0.25, 0.3) is 0 Å². The molecule has 1 aliphatic rings. The lowest BCUT2D eigenvalue weighted by atomic mass is 10.1. The monoisotopic (exact) mass is 457 g/mol. The average Bonchev–Trinajstić information content (AvgIpc) is 3.15. The maximum Gasteiger partial charge on any atom is 0.523 e. The highest BCUT2D eigenvalue weighted by atomic mass is 35.5. The van der Waals surface area contributed by atoms with Gasteiger partial charge in [0.05, 0.1) is 18.8 Å². The highest BCUT2D eigenvalue weighted by Gasteiger charge is 2.54. The number of quaternary nitrogens is 1. The number of para-hydroxylation sites is 1. The van der Waals surface area contributed by atoms with Crippen LogP contribution in [0, 0.1) is 13.8 Å². The number of aryl methyl sites for hydroxylation is 2. The number of rotatable bonds is 5. The molecule has 1 aliphatic heterocycles. The minimum Gasteiger partial charge on any atom is -0.420 e. The molecule has 0 aromatic heterocycles. The number of benzene rings is 2. The molecular weight excluding hydrogens is 428 g/mol. The molecule has 0 N–H and O–H groups in total. The fourth-order valence-corrected chi connectivity index (χ4v) is 4.68. The number of hydrogen-bond acceptors (Lipinski definition) is 4. The van der Waals surface area contributed by atoms with Crippen LogP contribution in [0.4, 0.5) is 10.5 Å². The van der Waals surface area contributed by atoms with E-state index in [2.05, 4.69) is 0 Å². The van der Waals surface area contributed by atoms with Crippen molar-refractivity contribution in [2.24, 2.45) is 0 Å². The van der Waals surface area contributed by atoms with Gasteiger partial charge in [-0.05, 0) is 63.1 Å². The number of hydrogen-bond donors (Lipinski definition) is 0. The molecule has 6 nitrogen and oxygen atoms in total. The number of carbonyl (C=O) groups excluding carboxylic acids is 3. The lowest BCUT2D eigenvalue weighted by molar-refractivity contribution is -0.792. The molecule has 1 saturated heterocycles. The van der Waals surface area contributed by atoms with Crippen LogP contribution in [-0.2, 0) is 9.53 Å². The molecule has 7 heteroatoms. The van der Waals surface area contributed by atoms with E-state index in [1.807, 2.05) is 39.0 Å². The van der Waals surface area contributed by atoms with Crippen LogP contribution in [0.1, 0.15) is 48.2 Å². The van der Waals surface area contributed by atoms with Crippen LogP contribution in [-0.4, -0.2) is 48.1 Å². The Morgan fingerprint density at radius 2 is 1.72 bits per heavy atom. The van der Waals surface area contributed by atoms with Crippen molar-refractivity contribution in [1.82, 2.24) is 0 Å². The molecule has 1 fully saturated rings. The van der Waals surface area contributed by atoms with E-state index in [4.69, 9.17) is 16.3 Å². The van der Waals surface area contributed by atoms with E-state index in [9.17, 15) is 14.4 Å². The first kappa shape index (κ1) is 24.0. The second-order valence-electron chi connectivity index (χ2n) is 8.31. The molecule has 2 aromatic carbocycles. The van der Waals surface area contributed by atoms with Crippen molar-refractivity contribution in [3.05, 3.63) is 64.2 Å². The normalized spacial score (nSPS) is 20.1. The zero-order chi connectivity index (χ0) is 23.5. The Labute approximate surface area is 194 Å². The molecule has 3 rings (SSSR count). The van der Waals surface area contributed by atoms with Crippen LogP contribution in [0.3, 0.4) is 0 Å². The predicted octanol–water partition coefficient (Wildman–Crippen LogP) is 5.29. The molecular formula is C25H30ClN2O4+. The molecule has 0 saturated carbocycles. The highest BCUT2D eigenvalue weighted by Crippen LogP contribution is 2.32. The van der Waals surface area contributed by atoms with Crippen molar-refractivity contribution < 1.29 is 23.6 Å². The summed E-state index contributed by atoms with van der Waals surface area (Å²) in [6.07, 6.45) is 0.960. The van der Waals surface area contributed by atoms with Gasteiger partial charge in [-0.3, -0.25) is 9.69 Å². The summed E-state index contributed by atoms with van der Waals surface area (Å²) >= 11 is 6.00. The van der Waals surface area contributed by atoms with Gasteiger partial charge in [0, 0.05) is 23.4 Å². The van der Waals surface area contributed by atoms with Gasteiger partial charge < -0.3 is 4.74 Å². The van der Waals surface area contributed by atoms with Crippen molar-refractivity contribution in [1.29, 1.82) is 0 Å². The summed E-state index contributed by atoms with van der Waals surface area (Å²) in [7, 11) is 0. The SMILES string of the molecule is CCOC(=O)[N+]1(C(=O)CN(C(=O)c2ccc(Cl)cc2)c2c(C)cccc2C)CCC[C@H]1C. The zero-order valence-corrected chi connectivity index (χ0v) is 19.8. The number of ether oxygens (including phenoxy) is 1. The lowest BCUT2D eigenvalue weighted by Crippen LogP contribution is -2.62. The van der Waals surface area contributed by atoms with E-state index in [-0.39, 0.29) is 35.5 Å². The zero-order valence-electron chi connectivity index (χ0n) is 19.1. The number of halogens is 1. The Hall–Kier alpha value is -2.70. The van der Waals surface area contributed by atoms with Gasteiger partial charge in [0.25, 0.3) is 5.91 Å². The molecule has 0 bridgehead atoms. The summed E-state index contributed by atoms with van der Waals surface area (Å²) in [4.78, 5) is 41.8. The maximum absolute atomic E-state index is 13.7. The van der Waals surface area contributed by atoms with Crippen molar-refractivity contribution in [2.45, 2.75) is 46.6 Å². The highest BCUT2D eigenvalue weighted by molar-refractivity contribution is 6.30. The number of amides is 3. The number of nitrogens with zero attached hydrogens (tertiary/aromatic N) is 2. The largest absolute Gasteiger partial charge is 0.523 e. The van der Waals surface area contributed by atoms with E-state index in [1.54, 1.807) is 31.2 Å². The van der Waals surface area contributed by atoms with E-state index in [0.717, 1.165) is 24.0 Å². The van der Waals surface area contributed by atoms with Crippen molar-refractivity contribution in [2.75, 3.05) is 24.6 Å². The van der Waals surface area contributed by atoms with Crippen LogP contribution in [0.15, 0.2) is 42.5 Å². The smallest absolute Gasteiger partial charge is 0.420 e. The number of imide groups is 1. The third-order valence-electron chi connectivity index (χ3n) is 6.26. The third-order valence-corrected chi connectivity index (χ3v) is 6.51. The number of likely N-dealkylation sites (tertiary alicyclic amines) is 1. The predicted molar refractivity (Wildman–Crippen MR) is 125 cm³/mol. The Bertz CT molecular complexity index is 1000. The van der Waals surface area contributed by atoms with E-state index < -0.39 is 6.09 Å². The fourth-order valence-electron chi connectivity index (χ4n) is 4.55. The maximum atomic E-state index is 13.7. The molecule has 0 aliphatic carbocycles. The summed E-state index contributed by atoms with van der Waals surface area (Å²) < 4.78 is 4.92. The van der Waals surface area contributed by atoms with Crippen LogP contribution < -0.4 is 4.90 Å². The molecule has 1 heterocycles. The van der Waals surface area contributed by atoms with Crippen molar-refractivity contribution in [3.63, 3.8) is 0 Å². The van der Waals surface area contributed by atoms with Crippen LogP contribution in [0.5, 0.6) is 0 Å². The molecule has 2 atom stereocenters.